The zero-order valence-electron chi connectivity index (χ0n) is 16.2. The highest BCUT2D eigenvalue weighted by molar-refractivity contribution is 5.72. The molecule has 2 rings (SSSR count). The third-order valence-corrected chi connectivity index (χ3v) is 5.06. The van der Waals surface area contributed by atoms with Gasteiger partial charge in [-0.05, 0) is 38.5 Å². The molecule has 0 bridgehead atoms. The summed E-state index contributed by atoms with van der Waals surface area (Å²) < 4.78 is 57.1. The third-order valence-electron chi connectivity index (χ3n) is 5.06. The van der Waals surface area contributed by atoms with E-state index in [0.29, 0.717) is 12.5 Å². The summed E-state index contributed by atoms with van der Waals surface area (Å²) in [5.41, 5.74) is 1.62. The van der Waals surface area contributed by atoms with Crippen LogP contribution in [0.1, 0.15) is 83.5 Å². The Labute approximate surface area is 164 Å². The molecule has 1 aliphatic carbocycles. The molecule has 0 unspecified atom stereocenters. The van der Waals surface area contributed by atoms with Crippen LogP contribution in [0.2, 0.25) is 0 Å². The Hall–Kier alpha value is -1.85. The van der Waals surface area contributed by atoms with Gasteiger partial charge in [-0.15, -0.1) is 0 Å². The predicted octanol–water partition coefficient (Wildman–Crippen LogP) is 7.16. The second-order valence-electron chi connectivity index (χ2n) is 7.36. The van der Waals surface area contributed by atoms with Crippen molar-refractivity contribution in [3.05, 3.63) is 41.0 Å². The van der Waals surface area contributed by atoms with Gasteiger partial charge < -0.3 is 4.74 Å². The fraction of sp³-hybridized carbons (Fsp3) is 0.591. The summed E-state index contributed by atoms with van der Waals surface area (Å²) in [5, 5.41) is 0. The van der Waals surface area contributed by atoms with Crippen LogP contribution in [0.3, 0.4) is 0 Å². The lowest BCUT2D eigenvalue weighted by Gasteiger charge is -2.15. The van der Waals surface area contributed by atoms with E-state index in [1.165, 1.54) is 51.4 Å². The molecule has 28 heavy (non-hydrogen) atoms. The molecule has 0 N–H and O–H groups in total. The average Bonchev–Trinajstić information content (AvgIpc) is 2.63. The Bertz CT molecular complexity index is 680. The molecule has 1 fully saturated rings. The van der Waals surface area contributed by atoms with Gasteiger partial charge in [-0.2, -0.15) is 4.39 Å². The summed E-state index contributed by atoms with van der Waals surface area (Å²) in [6, 6.07) is 0.342. The van der Waals surface area contributed by atoms with Gasteiger partial charge in [-0.25, -0.2) is 13.2 Å². The lowest BCUT2D eigenvalue weighted by atomic mass is 9.91. The zero-order chi connectivity index (χ0) is 20.4. The van der Waals surface area contributed by atoms with Crippen LogP contribution in [0.25, 0.3) is 0 Å². The monoisotopic (exact) mass is 400 g/mol. The van der Waals surface area contributed by atoms with E-state index in [1.54, 1.807) is 5.57 Å². The van der Waals surface area contributed by atoms with Crippen molar-refractivity contribution >= 4 is 5.97 Å². The van der Waals surface area contributed by atoms with Crippen LogP contribution in [0, 0.1) is 23.3 Å². The number of esters is 1. The second kappa shape index (κ2) is 11.9. The summed E-state index contributed by atoms with van der Waals surface area (Å²) in [7, 11) is 0. The van der Waals surface area contributed by atoms with Crippen LogP contribution in [0.15, 0.2) is 17.7 Å². The third kappa shape index (κ3) is 7.28. The second-order valence-corrected chi connectivity index (χ2v) is 7.36. The van der Waals surface area contributed by atoms with Gasteiger partial charge in [-0.1, -0.05) is 50.2 Å². The first-order valence-corrected chi connectivity index (χ1v) is 10.2. The molecule has 156 valence electrons. The number of benzene rings is 1. The van der Waals surface area contributed by atoms with Crippen LogP contribution >= 0.6 is 0 Å². The van der Waals surface area contributed by atoms with Crippen molar-refractivity contribution in [2.75, 3.05) is 0 Å². The molecule has 0 spiro atoms. The molecule has 1 aliphatic rings. The Balaban J connectivity index is 1.49. The van der Waals surface area contributed by atoms with Gasteiger partial charge in [0.1, 0.15) is 0 Å². The van der Waals surface area contributed by atoms with Crippen molar-refractivity contribution in [1.29, 1.82) is 0 Å². The molecule has 0 saturated heterocycles. The first-order valence-electron chi connectivity index (χ1n) is 10.2. The van der Waals surface area contributed by atoms with Crippen molar-refractivity contribution in [3.8, 4) is 5.75 Å². The Morgan fingerprint density at radius 3 is 2.07 bits per heavy atom. The number of halogens is 4. The topological polar surface area (TPSA) is 26.3 Å². The summed E-state index contributed by atoms with van der Waals surface area (Å²) in [6.07, 6.45) is 15.9. The Morgan fingerprint density at radius 2 is 1.46 bits per heavy atom. The number of carbonyl (C=O) groups is 1. The quantitative estimate of drug-likeness (QED) is 0.0708. The zero-order valence-corrected chi connectivity index (χ0v) is 16.2. The van der Waals surface area contributed by atoms with Gasteiger partial charge in [0, 0.05) is 12.5 Å². The lowest BCUT2D eigenvalue weighted by molar-refractivity contribution is -0.134. The van der Waals surface area contributed by atoms with Crippen molar-refractivity contribution in [1.82, 2.24) is 0 Å². The number of hydrogen-bond acceptors (Lipinski definition) is 2. The van der Waals surface area contributed by atoms with Crippen LogP contribution in [-0.2, 0) is 4.79 Å². The molecular formula is C22H28F4O2. The molecule has 1 aromatic rings. The van der Waals surface area contributed by atoms with E-state index >= 15 is 0 Å². The van der Waals surface area contributed by atoms with Gasteiger partial charge in [-0.3, -0.25) is 4.79 Å². The van der Waals surface area contributed by atoms with Crippen molar-refractivity contribution < 1.29 is 27.1 Å². The van der Waals surface area contributed by atoms with Crippen molar-refractivity contribution in [2.45, 2.75) is 83.5 Å². The van der Waals surface area contributed by atoms with Crippen molar-refractivity contribution in [3.63, 3.8) is 0 Å². The van der Waals surface area contributed by atoms with Crippen LogP contribution in [0.5, 0.6) is 5.75 Å². The fourth-order valence-corrected chi connectivity index (χ4v) is 3.16. The molecule has 0 aliphatic heterocycles. The maximum atomic E-state index is 13.4. The SMILES string of the molecule is O=C(CCCCCCCCCCC=C1CCC1)Oc1cc(F)c(F)c(F)c1F. The number of rotatable bonds is 12. The minimum atomic E-state index is -1.98. The largest absolute Gasteiger partial charge is 0.423 e. The molecule has 2 nitrogen and oxygen atoms in total. The number of hydrogen-bond donors (Lipinski definition) is 0. The van der Waals surface area contributed by atoms with E-state index in [2.05, 4.69) is 10.8 Å². The molecule has 0 radical (unpaired) electrons. The Morgan fingerprint density at radius 1 is 0.857 bits per heavy atom. The highest BCUT2D eigenvalue weighted by Gasteiger charge is 2.21. The molecule has 1 aromatic carbocycles. The van der Waals surface area contributed by atoms with Gasteiger partial charge in [0.05, 0.1) is 0 Å². The van der Waals surface area contributed by atoms with E-state index in [-0.39, 0.29) is 6.42 Å². The molecular weight excluding hydrogens is 372 g/mol. The van der Waals surface area contributed by atoms with Gasteiger partial charge in [0.15, 0.2) is 17.4 Å². The van der Waals surface area contributed by atoms with Crippen LogP contribution < -0.4 is 4.74 Å². The van der Waals surface area contributed by atoms with E-state index < -0.39 is 35.0 Å². The summed E-state index contributed by atoms with van der Waals surface area (Å²) in [6.45, 7) is 0. The smallest absolute Gasteiger partial charge is 0.311 e. The maximum absolute atomic E-state index is 13.4. The number of carbonyl (C=O) groups excluding carboxylic acids is 1. The molecule has 0 heterocycles. The fourth-order valence-electron chi connectivity index (χ4n) is 3.16. The first-order chi connectivity index (χ1) is 13.5. The minimum absolute atomic E-state index is 0.0225. The normalized spacial score (nSPS) is 13.4. The van der Waals surface area contributed by atoms with E-state index in [9.17, 15) is 22.4 Å². The van der Waals surface area contributed by atoms with E-state index in [0.717, 1.165) is 19.3 Å². The predicted molar refractivity (Wildman–Crippen MR) is 100 cm³/mol. The van der Waals surface area contributed by atoms with Crippen LogP contribution in [-0.4, -0.2) is 5.97 Å². The Kier molecular flexibility index (Phi) is 9.51. The number of ether oxygens (including phenoxy) is 1. The molecule has 6 heteroatoms. The molecule has 0 aromatic heterocycles. The highest BCUT2D eigenvalue weighted by atomic mass is 19.2. The summed E-state index contributed by atoms with van der Waals surface area (Å²) in [5.74, 6) is -8.91. The number of unbranched alkanes of at least 4 members (excludes halogenated alkanes) is 8. The highest BCUT2D eigenvalue weighted by Crippen LogP contribution is 2.26. The first kappa shape index (κ1) is 22.4. The van der Waals surface area contributed by atoms with Gasteiger partial charge in [0.25, 0.3) is 0 Å². The standard InChI is InChI=1S/C22H28F4O2/c23-17-15-18(21(25)22(26)20(17)24)28-19(27)14-9-7-5-3-1-2-4-6-8-11-16-12-10-13-16/h11,15H,1-10,12-14H2. The minimum Gasteiger partial charge on any atom is -0.423 e. The lowest BCUT2D eigenvalue weighted by Crippen LogP contribution is -2.10. The van der Waals surface area contributed by atoms with E-state index in [1.807, 2.05) is 0 Å². The van der Waals surface area contributed by atoms with Crippen LogP contribution in [0.4, 0.5) is 17.6 Å². The summed E-state index contributed by atoms with van der Waals surface area (Å²) in [4.78, 5) is 11.6. The van der Waals surface area contributed by atoms with Gasteiger partial charge in [0.2, 0.25) is 11.6 Å². The van der Waals surface area contributed by atoms with Crippen molar-refractivity contribution in [2.24, 2.45) is 0 Å². The molecule has 1 saturated carbocycles. The van der Waals surface area contributed by atoms with E-state index in [4.69, 9.17) is 0 Å². The molecule has 0 atom stereocenters. The summed E-state index contributed by atoms with van der Waals surface area (Å²) >= 11 is 0. The average molecular weight is 400 g/mol. The maximum Gasteiger partial charge on any atom is 0.311 e. The van der Waals surface area contributed by atoms with Gasteiger partial charge >= 0.3 is 5.97 Å². The molecule has 0 amide bonds. The number of allylic oxidation sites excluding steroid dienone is 2.